The molecule has 0 radical (unpaired) electrons. The number of imidazole rings is 1. The highest BCUT2D eigenvalue weighted by Gasteiger charge is 2.19. The smallest absolute Gasteiger partial charge is 0.240 e. The van der Waals surface area contributed by atoms with Crippen LogP contribution in [0.3, 0.4) is 0 Å². The van der Waals surface area contributed by atoms with E-state index >= 15 is 0 Å². The molecule has 0 aliphatic carbocycles. The third-order valence-electron chi connectivity index (χ3n) is 2.84. The second-order valence-corrected chi connectivity index (χ2v) is 5.67. The number of halogens is 2. The van der Waals surface area contributed by atoms with E-state index in [0.29, 0.717) is 12.3 Å². The number of fused-ring (bicyclic) bond motifs is 1. The van der Waals surface area contributed by atoms with E-state index in [1.54, 1.807) is 6.92 Å². The number of hydrogen-bond acceptors (Lipinski definition) is 2. The molecular formula is C12H13ClIN3O. The fourth-order valence-corrected chi connectivity index (χ4v) is 2.59. The van der Waals surface area contributed by atoms with Crippen molar-refractivity contribution in [2.75, 3.05) is 5.88 Å². The van der Waals surface area contributed by atoms with Gasteiger partial charge in [0.05, 0.1) is 11.0 Å². The number of primary amides is 1. The molecule has 1 atom stereocenters. The fraction of sp³-hybridized carbons (Fsp3) is 0.333. The van der Waals surface area contributed by atoms with Crippen molar-refractivity contribution in [1.82, 2.24) is 9.55 Å². The fourth-order valence-electron chi connectivity index (χ4n) is 1.94. The maximum Gasteiger partial charge on any atom is 0.240 e. The topological polar surface area (TPSA) is 60.9 Å². The average molecular weight is 378 g/mol. The van der Waals surface area contributed by atoms with Crippen molar-refractivity contribution < 1.29 is 4.79 Å². The molecule has 2 N–H and O–H groups in total. The van der Waals surface area contributed by atoms with E-state index < -0.39 is 6.04 Å². The number of nitrogens with two attached hydrogens (primary N) is 1. The van der Waals surface area contributed by atoms with Crippen LogP contribution >= 0.6 is 34.2 Å². The summed E-state index contributed by atoms with van der Waals surface area (Å²) in [5.41, 5.74) is 7.18. The van der Waals surface area contributed by atoms with Crippen molar-refractivity contribution in [3.8, 4) is 0 Å². The molecule has 1 heterocycles. The lowest BCUT2D eigenvalue weighted by molar-refractivity contribution is -0.120. The summed E-state index contributed by atoms with van der Waals surface area (Å²) in [6, 6.07) is 5.51. The molecule has 96 valence electrons. The van der Waals surface area contributed by atoms with Gasteiger partial charge in [-0.2, -0.15) is 0 Å². The van der Waals surface area contributed by atoms with E-state index in [0.717, 1.165) is 20.4 Å². The Morgan fingerprint density at radius 2 is 2.33 bits per heavy atom. The number of amides is 1. The van der Waals surface area contributed by atoms with Crippen molar-refractivity contribution in [2.24, 2.45) is 5.73 Å². The summed E-state index contributed by atoms with van der Waals surface area (Å²) in [5.74, 6) is 0.892. The Morgan fingerprint density at radius 1 is 1.61 bits per heavy atom. The lowest BCUT2D eigenvalue weighted by Gasteiger charge is -2.13. The lowest BCUT2D eigenvalue weighted by Crippen LogP contribution is -2.25. The SMILES string of the molecule is CC(C(N)=O)n1c(CCCl)nc2cc(I)ccc21. The van der Waals surface area contributed by atoms with Crippen molar-refractivity contribution in [1.29, 1.82) is 0 Å². The molecule has 1 amide bonds. The van der Waals surface area contributed by atoms with Crippen LogP contribution in [0.1, 0.15) is 18.8 Å². The van der Waals surface area contributed by atoms with Gasteiger partial charge < -0.3 is 10.3 Å². The second kappa shape index (κ2) is 5.44. The van der Waals surface area contributed by atoms with E-state index in [2.05, 4.69) is 27.6 Å². The minimum absolute atomic E-state index is 0.372. The zero-order chi connectivity index (χ0) is 13.3. The van der Waals surface area contributed by atoms with Gasteiger partial charge in [-0.15, -0.1) is 11.6 Å². The number of benzene rings is 1. The van der Waals surface area contributed by atoms with E-state index in [1.165, 1.54) is 0 Å². The lowest BCUT2D eigenvalue weighted by atomic mass is 10.2. The minimum atomic E-state index is -0.423. The first-order chi connectivity index (χ1) is 8.54. The van der Waals surface area contributed by atoms with E-state index in [4.69, 9.17) is 17.3 Å². The van der Waals surface area contributed by atoms with Gasteiger partial charge in [-0.05, 0) is 47.7 Å². The van der Waals surface area contributed by atoms with Crippen LogP contribution in [0.2, 0.25) is 0 Å². The second-order valence-electron chi connectivity index (χ2n) is 4.05. The molecule has 2 aromatic rings. The molecule has 0 saturated carbocycles. The molecule has 0 fully saturated rings. The van der Waals surface area contributed by atoms with Crippen molar-refractivity contribution in [3.05, 3.63) is 27.6 Å². The number of aryl methyl sites for hydroxylation is 1. The summed E-state index contributed by atoms with van der Waals surface area (Å²) in [6.07, 6.45) is 0.616. The molecule has 0 bridgehead atoms. The highest BCUT2D eigenvalue weighted by Crippen LogP contribution is 2.23. The molecule has 1 aromatic heterocycles. The first kappa shape index (κ1) is 13.6. The Kier molecular flexibility index (Phi) is 4.11. The Bertz CT molecular complexity index is 596. The average Bonchev–Trinajstić information content (AvgIpc) is 2.65. The number of aromatic nitrogens is 2. The van der Waals surface area contributed by atoms with Crippen molar-refractivity contribution >= 4 is 51.1 Å². The van der Waals surface area contributed by atoms with Crippen LogP contribution in [0.15, 0.2) is 18.2 Å². The standard InChI is InChI=1S/C12H13ClIN3O/c1-7(12(15)18)17-10-3-2-8(14)6-9(10)16-11(17)4-5-13/h2-3,6-7H,4-5H2,1H3,(H2,15,18). The zero-order valence-corrected chi connectivity index (χ0v) is 12.8. The molecule has 2 rings (SSSR count). The number of nitrogens with zero attached hydrogens (tertiary/aromatic N) is 2. The van der Waals surface area contributed by atoms with Gasteiger partial charge in [-0.25, -0.2) is 4.98 Å². The van der Waals surface area contributed by atoms with E-state index in [-0.39, 0.29) is 5.91 Å². The summed E-state index contributed by atoms with van der Waals surface area (Å²) in [7, 11) is 0. The van der Waals surface area contributed by atoms with E-state index in [9.17, 15) is 4.79 Å². The van der Waals surface area contributed by atoms with Crippen LogP contribution in [0.5, 0.6) is 0 Å². The summed E-state index contributed by atoms with van der Waals surface area (Å²) in [4.78, 5) is 15.9. The van der Waals surface area contributed by atoms with Crippen LogP contribution in [0, 0.1) is 3.57 Å². The molecule has 1 aromatic carbocycles. The Labute approximate surface area is 124 Å². The molecular weight excluding hydrogens is 365 g/mol. The van der Waals surface area contributed by atoms with Crippen molar-refractivity contribution in [2.45, 2.75) is 19.4 Å². The molecule has 6 heteroatoms. The monoisotopic (exact) mass is 377 g/mol. The number of carbonyl (C=O) groups excluding carboxylic acids is 1. The van der Waals surface area contributed by atoms with E-state index in [1.807, 2.05) is 22.8 Å². The highest BCUT2D eigenvalue weighted by atomic mass is 127. The molecule has 0 spiro atoms. The summed E-state index contributed by atoms with van der Waals surface area (Å²) in [5, 5.41) is 0. The van der Waals surface area contributed by atoms with Gasteiger partial charge in [0, 0.05) is 15.9 Å². The van der Waals surface area contributed by atoms with Gasteiger partial charge in [-0.1, -0.05) is 0 Å². The van der Waals surface area contributed by atoms with Gasteiger partial charge in [0.2, 0.25) is 5.91 Å². The predicted octanol–water partition coefficient (Wildman–Crippen LogP) is 2.47. The first-order valence-corrected chi connectivity index (χ1v) is 7.17. The molecule has 0 saturated heterocycles. The van der Waals surface area contributed by atoms with Crippen LogP contribution in [0.25, 0.3) is 11.0 Å². The van der Waals surface area contributed by atoms with Crippen molar-refractivity contribution in [3.63, 3.8) is 0 Å². The Balaban J connectivity index is 2.66. The molecule has 0 aliphatic heterocycles. The first-order valence-electron chi connectivity index (χ1n) is 5.56. The number of alkyl halides is 1. The normalized spacial score (nSPS) is 12.8. The van der Waals surface area contributed by atoms with Gasteiger partial charge >= 0.3 is 0 Å². The quantitative estimate of drug-likeness (QED) is 0.657. The predicted molar refractivity (Wildman–Crippen MR) is 80.8 cm³/mol. The van der Waals surface area contributed by atoms with Crippen LogP contribution in [-0.2, 0) is 11.2 Å². The summed E-state index contributed by atoms with van der Waals surface area (Å²) >= 11 is 8.01. The highest BCUT2D eigenvalue weighted by molar-refractivity contribution is 14.1. The minimum Gasteiger partial charge on any atom is -0.368 e. The largest absolute Gasteiger partial charge is 0.368 e. The molecule has 18 heavy (non-hydrogen) atoms. The summed E-state index contributed by atoms with van der Waals surface area (Å²) < 4.78 is 2.98. The Morgan fingerprint density at radius 3 is 2.94 bits per heavy atom. The molecule has 4 nitrogen and oxygen atoms in total. The number of carbonyl (C=O) groups is 1. The number of rotatable bonds is 4. The van der Waals surface area contributed by atoms with Gasteiger partial charge in [0.25, 0.3) is 0 Å². The zero-order valence-electron chi connectivity index (χ0n) is 9.86. The Hall–Kier alpha value is -0.820. The third kappa shape index (κ3) is 2.47. The van der Waals surface area contributed by atoms with Gasteiger partial charge in [-0.3, -0.25) is 4.79 Å². The van der Waals surface area contributed by atoms with Gasteiger partial charge in [0.15, 0.2) is 0 Å². The molecule has 1 unspecified atom stereocenters. The van der Waals surface area contributed by atoms with Gasteiger partial charge in [0.1, 0.15) is 11.9 Å². The van der Waals surface area contributed by atoms with Crippen LogP contribution in [-0.4, -0.2) is 21.3 Å². The summed E-state index contributed by atoms with van der Waals surface area (Å²) in [6.45, 7) is 1.78. The number of hydrogen-bond donors (Lipinski definition) is 1. The van der Waals surface area contributed by atoms with Crippen LogP contribution in [0.4, 0.5) is 0 Å². The third-order valence-corrected chi connectivity index (χ3v) is 3.70. The van der Waals surface area contributed by atoms with Crippen LogP contribution < -0.4 is 5.73 Å². The maximum absolute atomic E-state index is 11.4. The molecule has 0 aliphatic rings. The maximum atomic E-state index is 11.4.